The number of anilines is 1. The average molecular weight is 449 g/mol. The number of ether oxygens (including phenoxy) is 1. The van der Waals surface area contributed by atoms with E-state index in [0.717, 1.165) is 23.3 Å². The number of nitrogens with zero attached hydrogens (tertiary/aromatic N) is 1. The summed E-state index contributed by atoms with van der Waals surface area (Å²) in [4.78, 5) is 53.1. The molecule has 0 aromatic carbocycles. The molecule has 1 aromatic heterocycles. The first-order chi connectivity index (χ1) is 14.5. The van der Waals surface area contributed by atoms with Crippen molar-refractivity contribution in [1.29, 1.82) is 0 Å². The number of fused-ring (bicyclic) bond motifs is 2. The number of likely N-dealkylation sites (tertiary alicyclic amines) is 1. The molecule has 2 atom stereocenters. The molecule has 1 aliphatic carbocycles. The molecule has 7 nitrogen and oxygen atoms in total. The topological polar surface area (TPSA) is 92.8 Å². The fourth-order valence-corrected chi connectivity index (χ4v) is 5.93. The molecule has 2 fully saturated rings. The lowest BCUT2D eigenvalue weighted by atomic mass is 9.62. The van der Waals surface area contributed by atoms with Crippen LogP contribution in [0.3, 0.4) is 0 Å². The predicted molar refractivity (Wildman–Crippen MR) is 119 cm³/mol. The molecular formula is C23H32N2O5S. The molecule has 1 aromatic rings. The highest BCUT2D eigenvalue weighted by molar-refractivity contribution is 7.16. The Morgan fingerprint density at radius 3 is 2.55 bits per heavy atom. The van der Waals surface area contributed by atoms with Crippen molar-refractivity contribution in [1.82, 2.24) is 4.90 Å². The summed E-state index contributed by atoms with van der Waals surface area (Å²) in [7, 11) is 0. The molecule has 1 saturated heterocycles. The van der Waals surface area contributed by atoms with Gasteiger partial charge in [0.2, 0.25) is 17.7 Å². The van der Waals surface area contributed by atoms with Crippen molar-refractivity contribution in [2.45, 2.75) is 67.2 Å². The summed E-state index contributed by atoms with van der Waals surface area (Å²) >= 11 is 1.34. The minimum Gasteiger partial charge on any atom is -0.462 e. The third-order valence-electron chi connectivity index (χ3n) is 7.41. The molecule has 1 N–H and O–H groups in total. The van der Waals surface area contributed by atoms with Crippen molar-refractivity contribution in [3.63, 3.8) is 0 Å². The number of piperidine rings is 1. The summed E-state index contributed by atoms with van der Waals surface area (Å²) < 4.78 is 5.12. The van der Waals surface area contributed by atoms with E-state index in [1.165, 1.54) is 16.2 Å². The molecule has 1 saturated carbocycles. The zero-order chi connectivity index (χ0) is 23.1. The summed E-state index contributed by atoms with van der Waals surface area (Å²) in [6, 6.07) is 0. The van der Waals surface area contributed by atoms with Gasteiger partial charge in [-0.3, -0.25) is 19.3 Å². The summed E-state index contributed by atoms with van der Waals surface area (Å²) in [5.41, 5.74) is 0.322. The second kappa shape index (κ2) is 8.37. The Morgan fingerprint density at radius 1 is 1.23 bits per heavy atom. The van der Waals surface area contributed by atoms with Crippen molar-refractivity contribution in [2.24, 2.45) is 16.7 Å². The van der Waals surface area contributed by atoms with Crippen LogP contribution in [0, 0.1) is 30.6 Å². The summed E-state index contributed by atoms with van der Waals surface area (Å²) in [6.45, 7) is 11.9. The molecule has 0 spiro atoms. The van der Waals surface area contributed by atoms with Gasteiger partial charge in [-0.05, 0) is 51.0 Å². The minimum atomic E-state index is -0.533. The van der Waals surface area contributed by atoms with E-state index >= 15 is 0 Å². The minimum absolute atomic E-state index is 0.112. The highest BCUT2D eigenvalue weighted by atomic mass is 32.1. The number of carbonyl (C=O) groups excluding carboxylic acids is 4. The normalized spacial score (nSPS) is 24.5. The molecule has 3 rings (SSSR count). The fraction of sp³-hybridized carbons (Fsp3) is 0.652. The van der Waals surface area contributed by atoms with Crippen LogP contribution in [0.4, 0.5) is 5.00 Å². The van der Waals surface area contributed by atoms with Gasteiger partial charge in [-0.2, -0.15) is 0 Å². The van der Waals surface area contributed by atoms with Gasteiger partial charge >= 0.3 is 5.97 Å². The number of hydrogen-bond acceptors (Lipinski definition) is 6. The van der Waals surface area contributed by atoms with Crippen molar-refractivity contribution in [3.8, 4) is 0 Å². The number of nitrogens with one attached hydrogen (secondary N) is 1. The van der Waals surface area contributed by atoms with Crippen LogP contribution in [-0.4, -0.2) is 41.7 Å². The maximum absolute atomic E-state index is 13.1. The van der Waals surface area contributed by atoms with Crippen LogP contribution in [0.5, 0.6) is 0 Å². The predicted octanol–water partition coefficient (Wildman–Crippen LogP) is 4.07. The fourth-order valence-electron chi connectivity index (χ4n) is 4.86. The van der Waals surface area contributed by atoms with Crippen LogP contribution >= 0.6 is 11.3 Å². The lowest BCUT2D eigenvalue weighted by Gasteiger charge is -2.47. The van der Waals surface area contributed by atoms with Gasteiger partial charge in [0.1, 0.15) is 5.00 Å². The number of amides is 3. The third kappa shape index (κ3) is 3.79. The van der Waals surface area contributed by atoms with Gasteiger partial charge < -0.3 is 10.1 Å². The first-order valence-corrected chi connectivity index (χ1v) is 11.7. The van der Waals surface area contributed by atoms with Crippen LogP contribution in [0.15, 0.2) is 0 Å². The Hall–Kier alpha value is -2.22. The molecule has 2 heterocycles. The van der Waals surface area contributed by atoms with Crippen molar-refractivity contribution in [2.75, 3.05) is 18.5 Å². The molecule has 8 heteroatoms. The number of thiophene rings is 1. The zero-order valence-electron chi connectivity index (χ0n) is 19.2. The Morgan fingerprint density at radius 2 is 1.90 bits per heavy atom. The summed E-state index contributed by atoms with van der Waals surface area (Å²) in [5.74, 6) is -1.08. The summed E-state index contributed by atoms with van der Waals surface area (Å²) in [5, 5.41) is 3.29. The van der Waals surface area contributed by atoms with Gasteiger partial charge in [0.05, 0.1) is 17.6 Å². The van der Waals surface area contributed by atoms with E-state index in [1.54, 1.807) is 6.92 Å². The monoisotopic (exact) mass is 448 g/mol. The number of aryl methyl sites for hydroxylation is 1. The molecule has 31 heavy (non-hydrogen) atoms. The molecule has 2 unspecified atom stereocenters. The number of rotatable bonds is 7. The SMILES string of the molecule is CCOC(=O)c1c(NC(=O)CCCN2C(=O)C3CCC(C)(C2=O)C3(C)C)sc(C)c1C. The molecule has 1 aliphatic heterocycles. The van der Waals surface area contributed by atoms with E-state index in [2.05, 4.69) is 5.32 Å². The molecule has 3 amide bonds. The van der Waals surface area contributed by atoms with Crippen LogP contribution in [0.25, 0.3) is 0 Å². The molecule has 2 aliphatic rings. The highest BCUT2D eigenvalue weighted by Gasteiger charge is 2.64. The Balaban J connectivity index is 1.62. The second-order valence-electron chi connectivity index (χ2n) is 9.30. The average Bonchev–Trinajstić information content (AvgIpc) is 3.06. The molecular weight excluding hydrogens is 416 g/mol. The molecule has 0 radical (unpaired) electrons. The van der Waals surface area contributed by atoms with Crippen molar-refractivity contribution in [3.05, 3.63) is 16.0 Å². The number of hydrogen-bond donors (Lipinski definition) is 1. The Bertz CT molecular complexity index is 935. The lowest BCUT2D eigenvalue weighted by Crippen LogP contribution is -2.59. The second-order valence-corrected chi connectivity index (χ2v) is 10.5. The first kappa shape index (κ1) is 23.4. The van der Waals surface area contributed by atoms with Gasteiger partial charge in [0.25, 0.3) is 0 Å². The largest absolute Gasteiger partial charge is 0.462 e. The van der Waals surface area contributed by atoms with Crippen molar-refractivity contribution >= 4 is 40.0 Å². The van der Waals surface area contributed by atoms with Gasteiger partial charge in [0, 0.05) is 23.8 Å². The lowest BCUT2D eigenvalue weighted by molar-refractivity contribution is -0.168. The van der Waals surface area contributed by atoms with Gasteiger partial charge in [-0.25, -0.2) is 4.79 Å². The van der Waals surface area contributed by atoms with Crippen LogP contribution < -0.4 is 5.32 Å². The van der Waals surface area contributed by atoms with E-state index in [-0.39, 0.29) is 48.6 Å². The van der Waals surface area contributed by atoms with E-state index < -0.39 is 11.4 Å². The van der Waals surface area contributed by atoms with Crippen LogP contribution in [-0.2, 0) is 19.1 Å². The third-order valence-corrected chi connectivity index (χ3v) is 8.53. The van der Waals surface area contributed by atoms with Crippen molar-refractivity contribution < 1.29 is 23.9 Å². The maximum Gasteiger partial charge on any atom is 0.341 e. The zero-order valence-corrected chi connectivity index (χ0v) is 20.0. The van der Waals surface area contributed by atoms with Crippen LogP contribution in [0.2, 0.25) is 0 Å². The van der Waals surface area contributed by atoms with Gasteiger partial charge in [-0.15, -0.1) is 11.3 Å². The molecule has 2 bridgehead atoms. The summed E-state index contributed by atoms with van der Waals surface area (Å²) in [6.07, 6.45) is 1.99. The van der Waals surface area contributed by atoms with E-state index in [0.29, 0.717) is 17.0 Å². The quantitative estimate of drug-likeness (QED) is 0.501. The first-order valence-electron chi connectivity index (χ1n) is 10.9. The Labute approximate surface area is 187 Å². The number of carbonyl (C=O) groups is 4. The highest BCUT2D eigenvalue weighted by Crippen LogP contribution is 2.60. The molecule has 170 valence electrons. The standard InChI is InChI=1S/C23H32N2O5S/c1-7-30-20(28)17-13(2)14(3)31-18(17)24-16(26)9-8-12-25-19(27)15-10-11-23(6,21(25)29)22(15,4)5/h15H,7-12H2,1-6H3,(H,24,26). The number of imide groups is 1. The van der Waals surface area contributed by atoms with Gasteiger partial charge in [-0.1, -0.05) is 20.8 Å². The Kier molecular flexibility index (Phi) is 6.33. The van der Waals surface area contributed by atoms with Crippen LogP contribution in [0.1, 0.15) is 74.2 Å². The van der Waals surface area contributed by atoms with E-state index in [9.17, 15) is 19.2 Å². The van der Waals surface area contributed by atoms with Gasteiger partial charge in [0.15, 0.2) is 0 Å². The maximum atomic E-state index is 13.1. The smallest absolute Gasteiger partial charge is 0.341 e. The number of esters is 1. The van der Waals surface area contributed by atoms with E-state index in [1.807, 2.05) is 34.6 Å². The van der Waals surface area contributed by atoms with E-state index in [4.69, 9.17) is 4.74 Å².